The number of hydrogen-bond acceptors (Lipinski definition) is 3. The van der Waals surface area contributed by atoms with Crippen molar-refractivity contribution in [2.45, 2.75) is 0 Å². The maximum absolute atomic E-state index is 4.99. The van der Waals surface area contributed by atoms with E-state index in [1.54, 1.807) is 6.20 Å². The standard InChI is InChI=1S/C26H20N4/c1-3-10-21(11-4-1)25-16-8-17-26(28-25)30(22-12-5-2-6-13-22)24-15-7-14-23(20-24)29-19-9-18-27-29/h1-20H. The Hall–Kier alpha value is -4.18. The molecule has 4 nitrogen and oxygen atoms in total. The van der Waals surface area contributed by atoms with Crippen molar-refractivity contribution in [2.24, 2.45) is 0 Å². The third kappa shape index (κ3) is 3.59. The molecule has 0 aliphatic heterocycles. The van der Waals surface area contributed by atoms with Crippen molar-refractivity contribution in [1.29, 1.82) is 0 Å². The Morgan fingerprint density at radius 3 is 2.13 bits per heavy atom. The lowest BCUT2D eigenvalue weighted by Crippen LogP contribution is -2.12. The monoisotopic (exact) mass is 388 g/mol. The minimum absolute atomic E-state index is 0.861. The van der Waals surface area contributed by atoms with Crippen LogP contribution in [0, 0.1) is 0 Å². The number of benzene rings is 3. The van der Waals surface area contributed by atoms with Crippen LogP contribution in [0.25, 0.3) is 16.9 Å². The molecule has 144 valence electrons. The van der Waals surface area contributed by atoms with Crippen LogP contribution in [-0.2, 0) is 0 Å². The lowest BCUT2D eigenvalue weighted by molar-refractivity contribution is 0.880. The predicted molar refractivity (Wildman–Crippen MR) is 121 cm³/mol. The highest BCUT2D eigenvalue weighted by Gasteiger charge is 2.15. The third-order valence-electron chi connectivity index (χ3n) is 4.90. The van der Waals surface area contributed by atoms with Crippen LogP contribution in [0.2, 0.25) is 0 Å². The second-order valence-corrected chi connectivity index (χ2v) is 6.89. The molecule has 0 atom stereocenters. The van der Waals surface area contributed by atoms with Gasteiger partial charge in [-0.3, -0.25) is 4.90 Å². The van der Waals surface area contributed by atoms with Crippen molar-refractivity contribution in [3.8, 4) is 16.9 Å². The maximum Gasteiger partial charge on any atom is 0.138 e. The molecule has 3 aromatic carbocycles. The van der Waals surface area contributed by atoms with Crippen molar-refractivity contribution in [3.63, 3.8) is 0 Å². The summed E-state index contributed by atoms with van der Waals surface area (Å²) in [6.07, 6.45) is 3.73. The SMILES string of the molecule is c1ccc(-c2cccc(N(c3ccccc3)c3cccc(-n4cccn4)c3)n2)cc1. The van der Waals surface area contributed by atoms with Crippen molar-refractivity contribution >= 4 is 17.2 Å². The molecule has 2 aromatic heterocycles. The lowest BCUT2D eigenvalue weighted by Gasteiger charge is -2.25. The topological polar surface area (TPSA) is 34.0 Å². The maximum atomic E-state index is 4.99. The minimum Gasteiger partial charge on any atom is -0.295 e. The minimum atomic E-state index is 0.861. The van der Waals surface area contributed by atoms with Gasteiger partial charge in [0, 0.05) is 29.3 Å². The molecular formula is C26H20N4. The summed E-state index contributed by atoms with van der Waals surface area (Å²) in [7, 11) is 0. The predicted octanol–water partition coefficient (Wildman–Crippen LogP) is 6.40. The van der Waals surface area contributed by atoms with Gasteiger partial charge >= 0.3 is 0 Å². The molecule has 0 fully saturated rings. The highest BCUT2D eigenvalue weighted by atomic mass is 15.3. The Kier molecular flexibility index (Phi) is 4.80. The lowest BCUT2D eigenvalue weighted by atomic mass is 10.1. The fourth-order valence-electron chi connectivity index (χ4n) is 3.50. The second-order valence-electron chi connectivity index (χ2n) is 6.89. The van der Waals surface area contributed by atoms with Gasteiger partial charge < -0.3 is 0 Å². The molecule has 0 N–H and O–H groups in total. The summed E-state index contributed by atoms with van der Waals surface area (Å²) in [6.45, 7) is 0. The summed E-state index contributed by atoms with van der Waals surface area (Å²) in [5.74, 6) is 0.861. The summed E-state index contributed by atoms with van der Waals surface area (Å²) in [6, 6.07) is 36.9. The second kappa shape index (κ2) is 8.05. The number of anilines is 3. The summed E-state index contributed by atoms with van der Waals surface area (Å²) in [4.78, 5) is 7.16. The number of hydrogen-bond donors (Lipinski definition) is 0. The third-order valence-corrected chi connectivity index (χ3v) is 4.90. The highest BCUT2D eigenvalue weighted by Crippen LogP contribution is 2.35. The van der Waals surface area contributed by atoms with Gasteiger partial charge in [0.05, 0.1) is 11.4 Å². The molecule has 0 spiro atoms. The number of rotatable bonds is 5. The summed E-state index contributed by atoms with van der Waals surface area (Å²) >= 11 is 0. The van der Waals surface area contributed by atoms with E-state index in [1.807, 2.05) is 77.6 Å². The van der Waals surface area contributed by atoms with E-state index in [1.165, 1.54) is 0 Å². The molecule has 0 aliphatic rings. The normalized spacial score (nSPS) is 10.7. The summed E-state index contributed by atoms with van der Waals surface area (Å²) in [5.41, 5.74) is 5.10. The van der Waals surface area contributed by atoms with Gasteiger partial charge in [0.2, 0.25) is 0 Å². The molecule has 2 heterocycles. The van der Waals surface area contributed by atoms with Gasteiger partial charge in [0.15, 0.2) is 0 Å². The van der Waals surface area contributed by atoms with Crippen molar-refractivity contribution in [3.05, 3.63) is 122 Å². The Morgan fingerprint density at radius 1 is 0.633 bits per heavy atom. The van der Waals surface area contributed by atoms with E-state index in [0.29, 0.717) is 0 Å². The van der Waals surface area contributed by atoms with Crippen LogP contribution in [0.5, 0.6) is 0 Å². The van der Waals surface area contributed by atoms with E-state index in [2.05, 4.69) is 52.5 Å². The van der Waals surface area contributed by atoms with E-state index in [0.717, 1.165) is 34.1 Å². The zero-order valence-corrected chi connectivity index (χ0v) is 16.3. The van der Waals surface area contributed by atoms with Gasteiger partial charge in [-0.2, -0.15) is 5.10 Å². The van der Waals surface area contributed by atoms with Gasteiger partial charge in [-0.05, 0) is 48.5 Å². The molecule has 5 aromatic rings. The van der Waals surface area contributed by atoms with E-state index in [-0.39, 0.29) is 0 Å². The number of para-hydroxylation sites is 1. The summed E-state index contributed by atoms with van der Waals surface area (Å²) < 4.78 is 1.86. The quantitative estimate of drug-likeness (QED) is 0.349. The van der Waals surface area contributed by atoms with Gasteiger partial charge in [-0.1, -0.05) is 60.7 Å². The first-order valence-electron chi connectivity index (χ1n) is 9.86. The molecule has 0 saturated carbocycles. The molecule has 0 bridgehead atoms. The van der Waals surface area contributed by atoms with Gasteiger partial charge in [0.25, 0.3) is 0 Å². The largest absolute Gasteiger partial charge is 0.295 e. The zero-order valence-electron chi connectivity index (χ0n) is 16.3. The smallest absolute Gasteiger partial charge is 0.138 e. The first-order valence-corrected chi connectivity index (χ1v) is 9.86. The van der Waals surface area contributed by atoms with Crippen molar-refractivity contribution in [1.82, 2.24) is 14.8 Å². The first-order chi connectivity index (χ1) is 14.9. The van der Waals surface area contributed by atoms with Crippen LogP contribution in [0.4, 0.5) is 17.2 Å². The van der Waals surface area contributed by atoms with Gasteiger partial charge in [-0.25, -0.2) is 9.67 Å². The van der Waals surface area contributed by atoms with Gasteiger partial charge in [0.1, 0.15) is 5.82 Å². The Balaban J connectivity index is 1.64. The number of aromatic nitrogens is 3. The Bertz CT molecular complexity index is 1230. The average molecular weight is 388 g/mol. The average Bonchev–Trinajstić information content (AvgIpc) is 3.36. The van der Waals surface area contributed by atoms with Crippen LogP contribution >= 0.6 is 0 Å². The van der Waals surface area contributed by atoms with Crippen molar-refractivity contribution in [2.75, 3.05) is 4.90 Å². The zero-order chi connectivity index (χ0) is 20.2. The van der Waals surface area contributed by atoms with Crippen LogP contribution < -0.4 is 4.90 Å². The van der Waals surface area contributed by atoms with E-state index >= 15 is 0 Å². The van der Waals surface area contributed by atoms with Crippen LogP contribution in [0.1, 0.15) is 0 Å². The highest BCUT2D eigenvalue weighted by molar-refractivity contribution is 5.76. The number of nitrogens with zero attached hydrogens (tertiary/aromatic N) is 4. The molecule has 0 aliphatic carbocycles. The summed E-state index contributed by atoms with van der Waals surface area (Å²) in [5, 5.41) is 4.37. The fourth-order valence-corrected chi connectivity index (χ4v) is 3.50. The molecular weight excluding hydrogens is 368 g/mol. The molecule has 4 heteroatoms. The van der Waals surface area contributed by atoms with Crippen LogP contribution in [0.15, 0.2) is 122 Å². The van der Waals surface area contributed by atoms with Crippen molar-refractivity contribution < 1.29 is 0 Å². The Labute approximate surface area is 175 Å². The number of pyridine rings is 1. The molecule has 0 unspecified atom stereocenters. The Morgan fingerprint density at radius 2 is 1.37 bits per heavy atom. The first kappa shape index (κ1) is 17.9. The fraction of sp³-hybridized carbons (Fsp3) is 0. The van der Waals surface area contributed by atoms with E-state index < -0.39 is 0 Å². The molecule has 30 heavy (non-hydrogen) atoms. The van der Waals surface area contributed by atoms with E-state index in [4.69, 9.17) is 4.98 Å². The molecule has 0 saturated heterocycles. The molecule has 5 rings (SSSR count). The van der Waals surface area contributed by atoms with Gasteiger partial charge in [-0.15, -0.1) is 0 Å². The molecule has 0 amide bonds. The van der Waals surface area contributed by atoms with Crippen LogP contribution in [0.3, 0.4) is 0 Å². The van der Waals surface area contributed by atoms with E-state index in [9.17, 15) is 0 Å². The molecule has 0 radical (unpaired) electrons. The van der Waals surface area contributed by atoms with Crippen LogP contribution in [-0.4, -0.2) is 14.8 Å².